The predicted octanol–water partition coefficient (Wildman–Crippen LogP) is 3.73. The quantitative estimate of drug-likeness (QED) is 0.836. The number of hydrogen-bond donors (Lipinski definition) is 1. The molecule has 0 saturated heterocycles. The fourth-order valence-electron chi connectivity index (χ4n) is 1.23. The van der Waals surface area contributed by atoms with Gasteiger partial charge in [0.25, 0.3) is 0 Å². The molecule has 0 unspecified atom stereocenters. The number of nitrogens with two attached hydrogens (primary N) is 1. The number of hydrogen-bond acceptors (Lipinski definition) is 1. The van der Waals surface area contributed by atoms with Crippen molar-refractivity contribution in [1.82, 2.24) is 0 Å². The van der Waals surface area contributed by atoms with Gasteiger partial charge in [0.05, 0.1) is 0 Å². The van der Waals surface area contributed by atoms with Gasteiger partial charge in [-0.25, -0.2) is 8.78 Å². The lowest BCUT2D eigenvalue weighted by Crippen LogP contribution is -2.16. The van der Waals surface area contributed by atoms with E-state index in [1.165, 1.54) is 6.07 Å². The van der Waals surface area contributed by atoms with Gasteiger partial charge >= 0.3 is 6.18 Å². The second-order valence-corrected chi connectivity index (χ2v) is 3.43. The van der Waals surface area contributed by atoms with Crippen LogP contribution in [0.1, 0.15) is 24.4 Å². The lowest BCUT2D eigenvalue weighted by atomic mass is 10.0. The zero-order valence-corrected chi connectivity index (χ0v) is 9.42. The van der Waals surface area contributed by atoms with Crippen LogP contribution in [0.2, 0.25) is 0 Å². The summed E-state index contributed by atoms with van der Waals surface area (Å²) < 4.78 is 61.0. The van der Waals surface area contributed by atoms with E-state index in [4.69, 9.17) is 5.73 Å². The second kappa shape index (κ2) is 6.16. The Hall–Kier alpha value is -0.880. The van der Waals surface area contributed by atoms with Crippen molar-refractivity contribution >= 4 is 12.4 Å². The third kappa shape index (κ3) is 5.32. The lowest BCUT2D eigenvalue weighted by Gasteiger charge is -2.13. The minimum Gasteiger partial charge on any atom is -0.324 e. The van der Waals surface area contributed by atoms with Crippen molar-refractivity contribution < 1.29 is 22.0 Å². The molecule has 1 rings (SSSR count). The van der Waals surface area contributed by atoms with Crippen LogP contribution in [0, 0.1) is 11.6 Å². The monoisotopic (exact) mass is 275 g/mol. The van der Waals surface area contributed by atoms with Gasteiger partial charge in [0, 0.05) is 12.5 Å². The van der Waals surface area contributed by atoms with Crippen molar-refractivity contribution in [1.29, 1.82) is 0 Å². The minimum atomic E-state index is -4.30. The number of rotatable bonds is 3. The van der Waals surface area contributed by atoms with E-state index in [2.05, 4.69) is 0 Å². The summed E-state index contributed by atoms with van der Waals surface area (Å²) in [7, 11) is 0. The van der Waals surface area contributed by atoms with E-state index in [1.54, 1.807) is 0 Å². The standard InChI is InChI=1S/C10H10F5N.ClH/c11-7-2-1-6(5-8(7)12)9(16)3-4-10(13,14)15;/h1-2,5,9H,3-4,16H2;1H/t9-;/m0./s1. The molecular weight excluding hydrogens is 265 g/mol. The Morgan fingerprint density at radius 3 is 2.18 bits per heavy atom. The molecule has 0 aliphatic heterocycles. The molecule has 1 nitrogen and oxygen atoms in total. The Balaban J connectivity index is 0.00000256. The Morgan fingerprint density at radius 1 is 1.12 bits per heavy atom. The van der Waals surface area contributed by atoms with Crippen LogP contribution in [-0.2, 0) is 0 Å². The zero-order chi connectivity index (χ0) is 12.3. The van der Waals surface area contributed by atoms with Crippen LogP contribution in [0.4, 0.5) is 22.0 Å². The molecular formula is C10H11ClF5N. The maximum absolute atomic E-state index is 12.8. The molecule has 0 aliphatic carbocycles. The second-order valence-electron chi connectivity index (χ2n) is 3.43. The molecule has 0 radical (unpaired) electrons. The Kier molecular flexibility index (Phi) is 5.84. The lowest BCUT2D eigenvalue weighted by molar-refractivity contribution is -0.136. The average molecular weight is 276 g/mol. The molecule has 0 bridgehead atoms. The first-order valence-corrected chi connectivity index (χ1v) is 4.57. The van der Waals surface area contributed by atoms with Gasteiger partial charge in [0.15, 0.2) is 11.6 Å². The molecule has 0 aromatic heterocycles. The first kappa shape index (κ1) is 16.1. The van der Waals surface area contributed by atoms with Gasteiger partial charge < -0.3 is 5.73 Å². The maximum atomic E-state index is 12.8. The van der Waals surface area contributed by atoms with Crippen molar-refractivity contribution in [3.05, 3.63) is 35.4 Å². The molecule has 0 amide bonds. The highest BCUT2D eigenvalue weighted by atomic mass is 35.5. The van der Waals surface area contributed by atoms with E-state index in [-0.39, 0.29) is 24.4 Å². The summed E-state index contributed by atoms with van der Waals surface area (Å²) in [6.45, 7) is 0. The van der Waals surface area contributed by atoms with Gasteiger partial charge in [-0.1, -0.05) is 6.07 Å². The summed E-state index contributed by atoms with van der Waals surface area (Å²) in [6, 6.07) is 1.89. The van der Waals surface area contributed by atoms with Crippen molar-refractivity contribution in [2.24, 2.45) is 5.73 Å². The summed E-state index contributed by atoms with van der Waals surface area (Å²) in [5.74, 6) is -2.16. The highest BCUT2D eigenvalue weighted by molar-refractivity contribution is 5.85. The van der Waals surface area contributed by atoms with E-state index >= 15 is 0 Å². The molecule has 2 N–H and O–H groups in total. The predicted molar refractivity (Wildman–Crippen MR) is 55.8 cm³/mol. The van der Waals surface area contributed by atoms with E-state index in [0.717, 1.165) is 12.1 Å². The largest absolute Gasteiger partial charge is 0.389 e. The van der Waals surface area contributed by atoms with Crippen LogP contribution in [0.3, 0.4) is 0 Å². The van der Waals surface area contributed by atoms with Gasteiger partial charge in [0.1, 0.15) is 0 Å². The fourth-order valence-corrected chi connectivity index (χ4v) is 1.23. The molecule has 0 spiro atoms. The molecule has 98 valence electrons. The average Bonchev–Trinajstić information content (AvgIpc) is 2.17. The summed E-state index contributed by atoms with van der Waals surface area (Å²) in [5, 5.41) is 0. The van der Waals surface area contributed by atoms with Gasteiger partial charge in [0.2, 0.25) is 0 Å². The molecule has 7 heteroatoms. The van der Waals surface area contributed by atoms with Crippen molar-refractivity contribution in [3.8, 4) is 0 Å². The van der Waals surface area contributed by atoms with Gasteiger partial charge in [-0.3, -0.25) is 0 Å². The van der Waals surface area contributed by atoms with Crippen LogP contribution >= 0.6 is 12.4 Å². The van der Waals surface area contributed by atoms with Gasteiger partial charge in [-0.15, -0.1) is 12.4 Å². The smallest absolute Gasteiger partial charge is 0.324 e. The summed E-state index contributed by atoms with van der Waals surface area (Å²) in [6.07, 6.45) is -5.70. The third-order valence-electron chi connectivity index (χ3n) is 2.11. The number of halogens is 6. The SMILES string of the molecule is Cl.N[C@@H](CCC(F)(F)F)c1ccc(F)c(F)c1. The van der Waals surface area contributed by atoms with E-state index in [1.807, 2.05) is 0 Å². The van der Waals surface area contributed by atoms with Crippen LogP contribution in [0.5, 0.6) is 0 Å². The first-order chi connectivity index (χ1) is 7.29. The summed E-state index contributed by atoms with van der Waals surface area (Å²) in [4.78, 5) is 0. The molecule has 1 aromatic carbocycles. The van der Waals surface area contributed by atoms with Crippen molar-refractivity contribution in [2.75, 3.05) is 0 Å². The summed E-state index contributed by atoms with van der Waals surface area (Å²) in [5.41, 5.74) is 5.59. The number of benzene rings is 1. The van der Waals surface area contributed by atoms with Crippen LogP contribution < -0.4 is 5.73 Å². The molecule has 17 heavy (non-hydrogen) atoms. The van der Waals surface area contributed by atoms with E-state index < -0.39 is 30.3 Å². The Labute approximate surface area is 101 Å². The maximum Gasteiger partial charge on any atom is 0.389 e. The van der Waals surface area contributed by atoms with Gasteiger partial charge in [-0.2, -0.15) is 13.2 Å². The molecule has 0 fully saturated rings. The molecule has 1 atom stereocenters. The highest BCUT2D eigenvalue weighted by Gasteiger charge is 2.27. The fraction of sp³-hybridized carbons (Fsp3) is 0.400. The van der Waals surface area contributed by atoms with E-state index in [0.29, 0.717) is 0 Å². The Bertz CT molecular complexity index is 366. The molecule has 1 aromatic rings. The van der Waals surface area contributed by atoms with Crippen LogP contribution in [-0.4, -0.2) is 6.18 Å². The van der Waals surface area contributed by atoms with Crippen LogP contribution in [0.15, 0.2) is 18.2 Å². The van der Waals surface area contributed by atoms with Gasteiger partial charge in [-0.05, 0) is 24.1 Å². The van der Waals surface area contributed by atoms with Crippen LogP contribution in [0.25, 0.3) is 0 Å². The number of alkyl halides is 3. The van der Waals surface area contributed by atoms with Crippen molar-refractivity contribution in [2.45, 2.75) is 25.1 Å². The highest BCUT2D eigenvalue weighted by Crippen LogP contribution is 2.26. The topological polar surface area (TPSA) is 26.0 Å². The molecule has 0 heterocycles. The zero-order valence-electron chi connectivity index (χ0n) is 8.60. The van der Waals surface area contributed by atoms with Crippen molar-refractivity contribution in [3.63, 3.8) is 0 Å². The molecule has 0 saturated carbocycles. The van der Waals surface area contributed by atoms with E-state index in [9.17, 15) is 22.0 Å². The minimum absolute atomic E-state index is 0. The molecule has 0 aliphatic rings. The normalized spacial score (nSPS) is 13.1. The third-order valence-corrected chi connectivity index (χ3v) is 2.11. The summed E-state index contributed by atoms with van der Waals surface area (Å²) >= 11 is 0. The Morgan fingerprint density at radius 2 is 1.71 bits per heavy atom. The first-order valence-electron chi connectivity index (χ1n) is 4.57.